The molecule has 0 bridgehead atoms. The van der Waals surface area contributed by atoms with Gasteiger partial charge in [0.1, 0.15) is 17.7 Å². The first-order valence-electron chi connectivity index (χ1n) is 12.3. The van der Waals surface area contributed by atoms with E-state index in [0.29, 0.717) is 6.04 Å². The molecule has 1 saturated heterocycles. The molecule has 4 aromatic rings. The second-order valence-corrected chi connectivity index (χ2v) is 9.45. The number of nitriles is 1. The van der Waals surface area contributed by atoms with Crippen molar-refractivity contribution < 1.29 is 0 Å². The molecule has 3 atom stereocenters. The van der Waals surface area contributed by atoms with Crippen molar-refractivity contribution in [3.05, 3.63) is 58.9 Å². The Labute approximate surface area is 204 Å². The summed E-state index contributed by atoms with van der Waals surface area (Å²) in [5.41, 5.74) is 4.57. The Morgan fingerprint density at radius 3 is 2.71 bits per heavy atom. The van der Waals surface area contributed by atoms with Crippen LogP contribution in [0.4, 0.5) is 5.69 Å². The van der Waals surface area contributed by atoms with Crippen LogP contribution in [0.25, 0.3) is 16.7 Å². The maximum absolute atomic E-state index is 12.9. The monoisotopic (exact) mass is 472 g/mol. The van der Waals surface area contributed by atoms with Crippen molar-refractivity contribution >= 4 is 22.4 Å². The van der Waals surface area contributed by atoms with Gasteiger partial charge in [-0.15, -0.1) is 0 Å². The first-order valence-corrected chi connectivity index (χ1v) is 12.3. The van der Waals surface area contributed by atoms with E-state index in [2.05, 4.69) is 64.4 Å². The van der Waals surface area contributed by atoms with Crippen molar-refractivity contribution in [3.63, 3.8) is 0 Å². The Morgan fingerprint density at radius 2 is 1.97 bits per heavy atom. The summed E-state index contributed by atoms with van der Waals surface area (Å²) < 4.78 is 5.31. The molecule has 5 heterocycles. The summed E-state index contributed by atoms with van der Waals surface area (Å²) in [7, 11) is 1.76. The van der Waals surface area contributed by atoms with Crippen LogP contribution < -0.4 is 10.5 Å². The van der Waals surface area contributed by atoms with E-state index in [1.807, 2.05) is 12.4 Å². The van der Waals surface area contributed by atoms with Crippen LogP contribution in [-0.2, 0) is 13.6 Å². The number of fused-ring (bicyclic) bond motifs is 2. The number of pyridine rings is 2. The van der Waals surface area contributed by atoms with E-state index in [1.165, 1.54) is 5.56 Å². The highest BCUT2D eigenvalue weighted by Gasteiger charge is 2.36. The lowest BCUT2D eigenvalue weighted by Crippen LogP contribution is -2.58. The number of piperazine rings is 1. The average Bonchev–Trinajstić information content (AvgIpc) is 3.52. The molecule has 9 heteroatoms. The smallest absolute Gasteiger partial charge is 0.252 e. The van der Waals surface area contributed by atoms with Crippen LogP contribution in [0.15, 0.2) is 47.8 Å². The van der Waals surface area contributed by atoms with Gasteiger partial charge in [-0.2, -0.15) is 10.4 Å². The number of aromatic nitrogens is 5. The SMILES string of the molecule is CC[C@H]1CN([C@H](C)c2ccc3nccn3c2)[C@H](CC)CN1c1cc(=O)n(C)c2cn(CC#N)nc12. The number of imidazole rings is 1. The number of nitrogens with zero attached hydrogens (tertiary/aromatic N) is 8. The zero-order valence-electron chi connectivity index (χ0n) is 20.8. The van der Waals surface area contributed by atoms with Gasteiger partial charge in [0.2, 0.25) is 0 Å². The van der Waals surface area contributed by atoms with Gasteiger partial charge >= 0.3 is 0 Å². The Bertz CT molecular complexity index is 1460. The maximum atomic E-state index is 12.9. The largest absolute Gasteiger partial charge is 0.364 e. The van der Waals surface area contributed by atoms with Gasteiger partial charge in [0.25, 0.3) is 5.56 Å². The predicted molar refractivity (Wildman–Crippen MR) is 136 cm³/mol. The van der Waals surface area contributed by atoms with Crippen LogP contribution in [0, 0.1) is 11.3 Å². The number of rotatable bonds is 6. The van der Waals surface area contributed by atoms with Crippen LogP contribution in [0.2, 0.25) is 0 Å². The molecule has 0 spiro atoms. The third kappa shape index (κ3) is 3.98. The molecule has 4 aromatic heterocycles. The lowest BCUT2D eigenvalue weighted by atomic mass is 9.97. The van der Waals surface area contributed by atoms with E-state index in [-0.39, 0.29) is 24.2 Å². The molecule has 1 fully saturated rings. The van der Waals surface area contributed by atoms with E-state index in [9.17, 15) is 4.79 Å². The summed E-state index contributed by atoms with van der Waals surface area (Å²) in [6.45, 7) is 8.59. The summed E-state index contributed by atoms with van der Waals surface area (Å²) in [5, 5.41) is 13.8. The quantitative estimate of drug-likeness (QED) is 0.428. The molecule has 0 aliphatic carbocycles. The van der Waals surface area contributed by atoms with Crippen LogP contribution in [0.3, 0.4) is 0 Å². The third-order valence-corrected chi connectivity index (χ3v) is 7.55. The molecule has 0 aromatic carbocycles. The number of anilines is 1. The number of hydrogen-bond acceptors (Lipinski definition) is 6. The van der Waals surface area contributed by atoms with E-state index < -0.39 is 0 Å². The third-order valence-electron chi connectivity index (χ3n) is 7.55. The van der Waals surface area contributed by atoms with Crippen LogP contribution >= 0.6 is 0 Å². The first kappa shape index (κ1) is 23.1. The summed E-state index contributed by atoms with van der Waals surface area (Å²) in [4.78, 5) is 22.2. The fourth-order valence-electron chi connectivity index (χ4n) is 5.44. The molecule has 0 amide bonds. The topological polar surface area (TPSA) is 87.4 Å². The van der Waals surface area contributed by atoms with E-state index in [1.54, 1.807) is 28.6 Å². The highest BCUT2D eigenvalue weighted by Crippen LogP contribution is 2.34. The van der Waals surface area contributed by atoms with E-state index >= 15 is 0 Å². The minimum absolute atomic E-state index is 0.0589. The van der Waals surface area contributed by atoms with Gasteiger partial charge in [0.05, 0.1) is 23.5 Å². The molecule has 35 heavy (non-hydrogen) atoms. The summed E-state index contributed by atoms with van der Waals surface area (Å²) in [5.74, 6) is 0. The van der Waals surface area contributed by atoms with Gasteiger partial charge < -0.3 is 13.9 Å². The van der Waals surface area contributed by atoms with Crippen molar-refractivity contribution in [3.8, 4) is 6.07 Å². The average molecular weight is 473 g/mol. The maximum Gasteiger partial charge on any atom is 0.252 e. The summed E-state index contributed by atoms with van der Waals surface area (Å²) >= 11 is 0. The molecule has 0 radical (unpaired) electrons. The highest BCUT2D eigenvalue weighted by molar-refractivity contribution is 5.88. The van der Waals surface area contributed by atoms with Crippen molar-refractivity contribution in [1.82, 2.24) is 28.6 Å². The second kappa shape index (κ2) is 9.19. The Kier molecular flexibility index (Phi) is 6.07. The molecule has 0 unspecified atom stereocenters. The predicted octanol–water partition coefficient (Wildman–Crippen LogP) is 3.35. The molecule has 1 aliphatic rings. The molecule has 0 saturated carbocycles. The molecule has 5 rings (SSSR count). The van der Waals surface area contributed by atoms with Gasteiger partial charge in [-0.3, -0.25) is 14.4 Å². The zero-order valence-corrected chi connectivity index (χ0v) is 20.8. The van der Waals surface area contributed by atoms with Crippen LogP contribution in [0.5, 0.6) is 0 Å². The summed E-state index contributed by atoms with van der Waals surface area (Å²) in [6, 6.07) is 8.94. The van der Waals surface area contributed by atoms with Crippen LogP contribution in [-0.4, -0.2) is 53.8 Å². The number of hydrogen-bond donors (Lipinski definition) is 0. The van der Waals surface area contributed by atoms with Gasteiger partial charge in [-0.1, -0.05) is 19.9 Å². The minimum Gasteiger partial charge on any atom is -0.364 e. The molecule has 1 aliphatic heterocycles. The Hall–Kier alpha value is -3.64. The van der Waals surface area contributed by atoms with Crippen molar-refractivity contribution in [1.29, 1.82) is 5.26 Å². The lowest BCUT2D eigenvalue weighted by molar-refractivity contribution is 0.101. The zero-order chi connectivity index (χ0) is 24.7. The first-order chi connectivity index (χ1) is 16.9. The standard InChI is InChI=1S/C26H32N8O/c1-5-20-16-34(22-13-25(35)30(4)23-17-32(11-9-27)29-26(22)23)21(6-2)15-33(20)18(3)19-7-8-24-28-10-12-31(24)14-19/h7-8,10,12-14,17-18,20-21H,5-6,11,15-16H2,1-4H3/t18-,20-,21+/m1/s1. The van der Waals surface area contributed by atoms with Gasteiger partial charge in [0.15, 0.2) is 0 Å². The van der Waals surface area contributed by atoms with Crippen LogP contribution in [0.1, 0.15) is 45.2 Å². The molecular weight excluding hydrogens is 440 g/mol. The van der Waals surface area contributed by atoms with Crippen molar-refractivity contribution in [2.24, 2.45) is 7.05 Å². The molecule has 0 N–H and O–H groups in total. The normalized spacial score (nSPS) is 19.9. The second-order valence-electron chi connectivity index (χ2n) is 9.45. The van der Waals surface area contributed by atoms with Gasteiger partial charge in [-0.05, 0) is 31.4 Å². The molecule has 182 valence electrons. The molecular formula is C26H32N8O. The number of aryl methyl sites for hydroxylation is 1. The van der Waals surface area contributed by atoms with Gasteiger partial charge in [0, 0.05) is 62.9 Å². The van der Waals surface area contributed by atoms with E-state index in [0.717, 1.165) is 48.3 Å². The highest BCUT2D eigenvalue weighted by atomic mass is 16.1. The van der Waals surface area contributed by atoms with Crippen molar-refractivity contribution in [2.75, 3.05) is 18.0 Å². The van der Waals surface area contributed by atoms with Crippen molar-refractivity contribution in [2.45, 2.75) is 58.3 Å². The van der Waals surface area contributed by atoms with Gasteiger partial charge in [-0.25, -0.2) is 4.98 Å². The van der Waals surface area contributed by atoms with E-state index in [4.69, 9.17) is 10.4 Å². The lowest BCUT2D eigenvalue weighted by Gasteiger charge is -2.49. The molecule has 9 nitrogen and oxygen atoms in total. The summed E-state index contributed by atoms with van der Waals surface area (Å²) in [6.07, 6.45) is 9.75. The Morgan fingerprint density at radius 1 is 1.17 bits per heavy atom. The Balaban J connectivity index is 1.51. The fraction of sp³-hybridized carbons (Fsp3) is 0.462. The minimum atomic E-state index is -0.0589. The fourth-order valence-corrected chi connectivity index (χ4v) is 5.44.